The Bertz CT molecular complexity index is 746. The van der Waals surface area contributed by atoms with Crippen LogP contribution in [-0.2, 0) is 10.0 Å². The van der Waals surface area contributed by atoms with Crippen LogP contribution in [0.1, 0.15) is 6.92 Å². The minimum absolute atomic E-state index is 0.0390. The number of hydrogen-bond acceptors (Lipinski definition) is 4. The quantitative estimate of drug-likeness (QED) is 0.838. The lowest BCUT2D eigenvalue weighted by Gasteiger charge is -2.10. The number of anilines is 3. The Balaban J connectivity index is 2.10. The first-order chi connectivity index (χ1) is 10.4. The van der Waals surface area contributed by atoms with Crippen LogP contribution in [0.25, 0.3) is 0 Å². The Morgan fingerprint density at radius 3 is 2.18 bits per heavy atom. The second kappa shape index (κ2) is 6.89. The molecule has 5 nitrogen and oxygen atoms in total. The van der Waals surface area contributed by atoms with E-state index in [-0.39, 0.29) is 5.75 Å². The van der Waals surface area contributed by atoms with E-state index in [1.807, 2.05) is 6.07 Å². The zero-order valence-corrected chi connectivity index (χ0v) is 13.8. The highest BCUT2D eigenvalue weighted by atomic mass is 35.5. The van der Waals surface area contributed by atoms with Crippen LogP contribution in [0.5, 0.6) is 5.75 Å². The van der Waals surface area contributed by atoms with Crippen molar-refractivity contribution >= 4 is 38.7 Å². The highest BCUT2D eigenvalue weighted by Gasteiger charge is 2.06. The zero-order chi connectivity index (χ0) is 16.2. The van der Waals surface area contributed by atoms with E-state index in [4.69, 9.17) is 16.3 Å². The monoisotopic (exact) mass is 340 g/mol. The summed E-state index contributed by atoms with van der Waals surface area (Å²) in [4.78, 5) is 0. The van der Waals surface area contributed by atoms with Crippen molar-refractivity contribution < 1.29 is 13.2 Å². The summed E-state index contributed by atoms with van der Waals surface area (Å²) < 4.78 is 30.6. The molecule has 0 aromatic heterocycles. The highest BCUT2D eigenvalue weighted by molar-refractivity contribution is 7.92. The van der Waals surface area contributed by atoms with Gasteiger partial charge in [-0.05, 0) is 49.4 Å². The number of sulfonamides is 1. The molecule has 0 saturated carbocycles. The van der Waals surface area contributed by atoms with E-state index in [1.165, 1.54) is 0 Å². The Kier molecular flexibility index (Phi) is 5.15. The van der Waals surface area contributed by atoms with Crippen molar-refractivity contribution in [1.29, 1.82) is 0 Å². The Labute approximate surface area is 135 Å². The summed E-state index contributed by atoms with van der Waals surface area (Å²) in [6.07, 6.45) is 0. The molecular weight excluding hydrogens is 324 g/mol. The van der Waals surface area contributed by atoms with Gasteiger partial charge in [0.1, 0.15) is 5.75 Å². The van der Waals surface area contributed by atoms with E-state index >= 15 is 0 Å². The van der Waals surface area contributed by atoms with Crippen molar-refractivity contribution in [3.8, 4) is 5.75 Å². The van der Waals surface area contributed by atoms with Gasteiger partial charge in [0.25, 0.3) is 0 Å². The number of hydrogen-bond donors (Lipinski definition) is 2. The van der Waals surface area contributed by atoms with Crippen LogP contribution in [-0.4, -0.2) is 21.3 Å². The Hall–Kier alpha value is -1.92. The topological polar surface area (TPSA) is 67.4 Å². The number of halogens is 1. The standard InChI is InChI=1S/C15H17ClN2O3S/c1-3-22(19,20)18-12-6-4-11(5-7-12)17-13-8-9-15(21-2)14(16)10-13/h4-10,17-18H,3H2,1-2H3. The minimum Gasteiger partial charge on any atom is -0.495 e. The van der Waals surface area contributed by atoms with E-state index in [2.05, 4.69) is 10.0 Å². The second-order valence-corrected chi connectivity index (χ2v) is 6.98. The van der Waals surface area contributed by atoms with Gasteiger partial charge in [-0.3, -0.25) is 4.72 Å². The van der Waals surface area contributed by atoms with Gasteiger partial charge in [0, 0.05) is 17.1 Å². The van der Waals surface area contributed by atoms with E-state index in [0.717, 1.165) is 11.4 Å². The summed E-state index contributed by atoms with van der Waals surface area (Å²) in [5, 5.41) is 3.70. The third kappa shape index (κ3) is 4.29. The number of benzene rings is 2. The fourth-order valence-electron chi connectivity index (χ4n) is 1.78. The average Bonchev–Trinajstić information content (AvgIpc) is 2.49. The van der Waals surface area contributed by atoms with Crippen LogP contribution in [0.15, 0.2) is 42.5 Å². The average molecular weight is 341 g/mol. The molecule has 0 heterocycles. The number of nitrogens with one attached hydrogen (secondary N) is 2. The maximum atomic E-state index is 11.5. The summed E-state index contributed by atoms with van der Waals surface area (Å²) in [5.74, 6) is 0.647. The fraction of sp³-hybridized carbons (Fsp3) is 0.200. The summed E-state index contributed by atoms with van der Waals surface area (Å²) in [7, 11) is -1.70. The molecule has 0 atom stereocenters. The molecule has 7 heteroatoms. The molecule has 118 valence electrons. The molecular formula is C15H17ClN2O3S. The molecule has 0 fully saturated rings. The second-order valence-electron chi connectivity index (χ2n) is 4.56. The first kappa shape index (κ1) is 16.5. The highest BCUT2D eigenvalue weighted by Crippen LogP contribution is 2.29. The van der Waals surface area contributed by atoms with Crippen molar-refractivity contribution in [2.45, 2.75) is 6.92 Å². The van der Waals surface area contributed by atoms with Crippen LogP contribution in [0.4, 0.5) is 17.1 Å². The molecule has 0 amide bonds. The molecule has 0 bridgehead atoms. The Morgan fingerprint density at radius 1 is 1.05 bits per heavy atom. The summed E-state index contributed by atoms with van der Waals surface area (Å²) in [5.41, 5.74) is 2.16. The van der Waals surface area contributed by atoms with Gasteiger partial charge < -0.3 is 10.1 Å². The summed E-state index contributed by atoms with van der Waals surface area (Å²) in [6, 6.07) is 12.3. The van der Waals surface area contributed by atoms with Gasteiger partial charge in [-0.1, -0.05) is 11.6 Å². The SMILES string of the molecule is CCS(=O)(=O)Nc1ccc(Nc2ccc(OC)c(Cl)c2)cc1. The molecule has 2 aromatic carbocycles. The summed E-state index contributed by atoms with van der Waals surface area (Å²) >= 11 is 6.07. The van der Waals surface area contributed by atoms with Gasteiger partial charge in [-0.15, -0.1) is 0 Å². The van der Waals surface area contributed by atoms with Crippen LogP contribution in [0.3, 0.4) is 0 Å². The Morgan fingerprint density at radius 2 is 1.64 bits per heavy atom. The van der Waals surface area contributed by atoms with Crippen LogP contribution in [0.2, 0.25) is 5.02 Å². The van der Waals surface area contributed by atoms with Crippen LogP contribution >= 0.6 is 11.6 Å². The van der Waals surface area contributed by atoms with Gasteiger partial charge >= 0.3 is 0 Å². The largest absolute Gasteiger partial charge is 0.495 e. The zero-order valence-electron chi connectivity index (χ0n) is 12.3. The minimum atomic E-state index is -3.26. The smallest absolute Gasteiger partial charge is 0.232 e. The third-order valence-corrected chi connectivity index (χ3v) is 4.58. The van der Waals surface area contributed by atoms with Crippen molar-refractivity contribution in [2.75, 3.05) is 22.9 Å². The van der Waals surface area contributed by atoms with Crippen molar-refractivity contribution in [1.82, 2.24) is 0 Å². The lowest BCUT2D eigenvalue weighted by molar-refractivity contribution is 0.415. The van der Waals surface area contributed by atoms with Gasteiger partial charge in [-0.25, -0.2) is 8.42 Å². The molecule has 0 aliphatic heterocycles. The van der Waals surface area contributed by atoms with Crippen molar-refractivity contribution in [2.24, 2.45) is 0 Å². The molecule has 0 unspecified atom stereocenters. The van der Waals surface area contributed by atoms with E-state index in [1.54, 1.807) is 50.4 Å². The first-order valence-electron chi connectivity index (χ1n) is 6.64. The predicted molar refractivity (Wildman–Crippen MR) is 90.8 cm³/mol. The number of methoxy groups -OCH3 is 1. The number of ether oxygens (including phenoxy) is 1. The van der Waals surface area contributed by atoms with Crippen molar-refractivity contribution in [3.05, 3.63) is 47.5 Å². The fourth-order valence-corrected chi connectivity index (χ4v) is 2.68. The van der Waals surface area contributed by atoms with Gasteiger partial charge in [-0.2, -0.15) is 0 Å². The third-order valence-electron chi connectivity index (χ3n) is 2.98. The maximum Gasteiger partial charge on any atom is 0.232 e. The molecule has 0 aliphatic rings. The maximum absolute atomic E-state index is 11.5. The van der Waals surface area contributed by atoms with Gasteiger partial charge in [0.2, 0.25) is 10.0 Å². The predicted octanol–water partition coefficient (Wildman–Crippen LogP) is 3.85. The molecule has 0 spiro atoms. The summed E-state index contributed by atoms with van der Waals surface area (Å²) in [6.45, 7) is 1.59. The lowest BCUT2D eigenvalue weighted by Crippen LogP contribution is -2.14. The number of rotatable bonds is 6. The molecule has 0 aliphatic carbocycles. The van der Waals surface area contributed by atoms with Crippen LogP contribution < -0.4 is 14.8 Å². The molecule has 2 N–H and O–H groups in total. The van der Waals surface area contributed by atoms with E-state index < -0.39 is 10.0 Å². The van der Waals surface area contributed by atoms with Crippen molar-refractivity contribution in [3.63, 3.8) is 0 Å². The molecule has 0 radical (unpaired) electrons. The molecule has 2 aromatic rings. The first-order valence-corrected chi connectivity index (χ1v) is 8.67. The van der Waals surface area contributed by atoms with E-state index in [0.29, 0.717) is 16.5 Å². The van der Waals surface area contributed by atoms with Gasteiger partial charge in [0.15, 0.2) is 0 Å². The van der Waals surface area contributed by atoms with Gasteiger partial charge in [0.05, 0.1) is 17.9 Å². The molecule has 22 heavy (non-hydrogen) atoms. The molecule has 2 rings (SSSR count). The molecule has 0 saturated heterocycles. The van der Waals surface area contributed by atoms with Crippen LogP contribution in [0, 0.1) is 0 Å². The normalized spacial score (nSPS) is 11.0. The lowest BCUT2D eigenvalue weighted by atomic mass is 10.2. The van der Waals surface area contributed by atoms with E-state index in [9.17, 15) is 8.42 Å².